The monoisotopic (exact) mass is 451 g/mol. The highest BCUT2D eigenvalue weighted by atomic mass is 32.1. The molecule has 0 unspecified atom stereocenters. The fraction of sp³-hybridized carbons (Fsp3) is 0.391. The summed E-state index contributed by atoms with van der Waals surface area (Å²) < 4.78 is 3.46. The van der Waals surface area contributed by atoms with Crippen molar-refractivity contribution < 1.29 is 4.57 Å². The fourth-order valence-corrected chi connectivity index (χ4v) is 4.17. The fourth-order valence-electron chi connectivity index (χ4n) is 3.14. The molecule has 0 spiro atoms. The minimum atomic E-state index is -0.0601. The third-order valence-electron chi connectivity index (χ3n) is 4.73. The number of allylic oxidation sites excluding steroid dienone is 4. The topological polar surface area (TPSA) is 96.6 Å². The minimum absolute atomic E-state index is 0.0601. The molecule has 168 valence electrons. The van der Waals surface area contributed by atoms with Gasteiger partial charge in [-0.15, -0.1) is 0 Å². The minimum Gasteiger partial charge on any atom is -0.354 e. The van der Waals surface area contributed by atoms with Gasteiger partial charge < -0.3 is 10.2 Å². The first kappa shape index (κ1) is 24.7. The molecule has 0 radical (unpaired) electrons. The summed E-state index contributed by atoms with van der Waals surface area (Å²) in [5, 5.41) is 26.9. The number of hydrogen-bond donors (Lipinski definition) is 2. The van der Waals surface area contributed by atoms with Crippen LogP contribution in [0, 0.1) is 22.7 Å². The van der Waals surface area contributed by atoms with Gasteiger partial charge in [-0.2, -0.15) is 10.5 Å². The molecule has 0 saturated heterocycles. The lowest BCUT2D eigenvalue weighted by atomic mass is 9.95. The Hall–Kier alpha value is -3.56. The van der Waals surface area contributed by atoms with Crippen molar-refractivity contribution in [1.29, 1.82) is 10.5 Å². The molecule has 0 fully saturated rings. The van der Waals surface area contributed by atoms with E-state index < -0.39 is 0 Å². The van der Waals surface area contributed by atoms with Gasteiger partial charge >= 0.3 is 5.95 Å². The molecule has 0 aliphatic heterocycles. The van der Waals surface area contributed by atoms with Gasteiger partial charge in [-0.05, 0) is 5.57 Å². The molecule has 2 N–H and O–H groups in total. The maximum absolute atomic E-state index is 9.71. The molecule has 0 saturated carbocycles. The molecule has 0 atom stereocenters. The number of nitriles is 2. The Morgan fingerprint density at radius 2 is 1.94 bits per heavy atom. The van der Waals surface area contributed by atoms with Crippen molar-refractivity contribution in [2.75, 3.05) is 36.3 Å². The number of hydrogen-bond acceptors (Lipinski definition) is 7. The summed E-state index contributed by atoms with van der Waals surface area (Å²) in [6, 6.07) is 4.29. The molecule has 2 aromatic rings. The predicted molar refractivity (Wildman–Crippen MR) is 131 cm³/mol. The molecule has 0 aromatic carbocycles. The van der Waals surface area contributed by atoms with E-state index in [1.807, 2.05) is 25.1 Å². The zero-order chi connectivity index (χ0) is 24.1. The molecule has 9 heteroatoms. The van der Waals surface area contributed by atoms with Crippen molar-refractivity contribution in [3.63, 3.8) is 0 Å². The van der Waals surface area contributed by atoms with E-state index in [2.05, 4.69) is 56.7 Å². The Balaban J connectivity index is 2.39. The van der Waals surface area contributed by atoms with Crippen molar-refractivity contribution in [3.8, 4) is 12.1 Å². The normalized spacial score (nSPS) is 11.4. The number of anilines is 3. The first-order valence-electron chi connectivity index (χ1n) is 10.1. The Morgan fingerprint density at radius 1 is 1.25 bits per heavy atom. The van der Waals surface area contributed by atoms with E-state index in [-0.39, 0.29) is 16.8 Å². The first-order chi connectivity index (χ1) is 15.1. The lowest BCUT2D eigenvalue weighted by molar-refractivity contribution is -0.659. The summed E-state index contributed by atoms with van der Waals surface area (Å²) in [6.07, 6.45) is 5.21. The van der Waals surface area contributed by atoms with Crippen LogP contribution in [0.2, 0.25) is 0 Å². The maximum Gasteiger partial charge on any atom is 0.361 e. The standard InChI is InChI=1S/C23H30N8S/c1-9-11-16(10-2)14-31-18(13-25)17(12-24)30(8)21(31)27-15-26-20-19(23(3,4)5)32-22(28-20)29(6)7/h9-11,26H,1-2,14-15H2,3-8H3/p+1. The van der Waals surface area contributed by atoms with Crippen LogP contribution in [-0.4, -0.2) is 30.3 Å². The lowest BCUT2D eigenvalue weighted by Crippen LogP contribution is -2.35. The largest absolute Gasteiger partial charge is 0.361 e. The zero-order valence-electron chi connectivity index (χ0n) is 19.7. The van der Waals surface area contributed by atoms with Gasteiger partial charge in [0.1, 0.15) is 24.6 Å². The lowest BCUT2D eigenvalue weighted by Gasteiger charge is -2.18. The molecule has 2 rings (SSSR count). The van der Waals surface area contributed by atoms with Gasteiger partial charge in [0, 0.05) is 19.5 Å². The van der Waals surface area contributed by atoms with E-state index in [1.165, 1.54) is 0 Å². The Morgan fingerprint density at radius 3 is 2.44 bits per heavy atom. The maximum atomic E-state index is 9.71. The van der Waals surface area contributed by atoms with Crippen molar-refractivity contribution in [2.24, 2.45) is 7.05 Å². The summed E-state index contributed by atoms with van der Waals surface area (Å²) in [5.74, 6) is 1.45. The summed E-state index contributed by atoms with van der Waals surface area (Å²) >= 11 is 1.66. The number of aromatic nitrogens is 3. The predicted octanol–water partition coefficient (Wildman–Crippen LogP) is 3.66. The Labute approximate surface area is 194 Å². The van der Waals surface area contributed by atoms with Gasteiger partial charge in [-0.1, -0.05) is 63.5 Å². The number of imidazole rings is 1. The van der Waals surface area contributed by atoms with Crippen LogP contribution in [-0.2, 0) is 19.0 Å². The third-order valence-corrected chi connectivity index (χ3v) is 6.38. The van der Waals surface area contributed by atoms with Crippen molar-refractivity contribution in [3.05, 3.63) is 53.2 Å². The van der Waals surface area contributed by atoms with Crippen LogP contribution in [0.5, 0.6) is 0 Å². The van der Waals surface area contributed by atoms with Gasteiger partial charge in [0.2, 0.25) is 11.4 Å². The van der Waals surface area contributed by atoms with Crippen LogP contribution in [0.3, 0.4) is 0 Å². The highest BCUT2D eigenvalue weighted by Gasteiger charge is 2.28. The third kappa shape index (κ3) is 5.19. The summed E-state index contributed by atoms with van der Waals surface area (Å²) in [7, 11) is 5.71. The van der Waals surface area contributed by atoms with E-state index in [0.29, 0.717) is 19.2 Å². The van der Waals surface area contributed by atoms with E-state index in [9.17, 15) is 10.5 Å². The van der Waals surface area contributed by atoms with Crippen LogP contribution in [0.1, 0.15) is 37.0 Å². The molecule has 0 amide bonds. The van der Waals surface area contributed by atoms with Crippen LogP contribution in [0.25, 0.3) is 0 Å². The van der Waals surface area contributed by atoms with Crippen LogP contribution in [0.4, 0.5) is 16.9 Å². The second-order valence-electron chi connectivity index (χ2n) is 8.42. The summed E-state index contributed by atoms with van der Waals surface area (Å²) in [4.78, 5) is 7.88. The van der Waals surface area contributed by atoms with E-state index in [1.54, 1.807) is 39.7 Å². The average Bonchev–Trinajstić information content (AvgIpc) is 3.27. The molecular weight excluding hydrogens is 420 g/mol. The van der Waals surface area contributed by atoms with E-state index in [4.69, 9.17) is 4.98 Å². The highest BCUT2D eigenvalue weighted by molar-refractivity contribution is 7.16. The van der Waals surface area contributed by atoms with Gasteiger partial charge in [-0.25, -0.2) is 14.1 Å². The Bertz CT molecular complexity index is 1110. The molecular formula is C23H31N8S+. The van der Waals surface area contributed by atoms with Crippen LogP contribution in [0.15, 0.2) is 37.0 Å². The number of nitrogens with one attached hydrogen (secondary N) is 2. The van der Waals surface area contributed by atoms with Gasteiger partial charge in [0.25, 0.3) is 0 Å². The molecule has 32 heavy (non-hydrogen) atoms. The Kier molecular flexibility index (Phi) is 7.85. The second kappa shape index (κ2) is 10.2. The van der Waals surface area contributed by atoms with Gasteiger partial charge in [0.05, 0.1) is 18.5 Å². The van der Waals surface area contributed by atoms with E-state index in [0.717, 1.165) is 21.4 Å². The van der Waals surface area contributed by atoms with Crippen LogP contribution < -0.4 is 20.1 Å². The van der Waals surface area contributed by atoms with Gasteiger partial charge in [-0.3, -0.25) is 5.32 Å². The number of rotatable bonds is 9. The zero-order valence-corrected chi connectivity index (χ0v) is 20.5. The van der Waals surface area contributed by atoms with E-state index >= 15 is 0 Å². The molecule has 0 aliphatic carbocycles. The van der Waals surface area contributed by atoms with Crippen molar-refractivity contribution >= 4 is 28.2 Å². The summed E-state index contributed by atoms with van der Waals surface area (Å²) in [6.45, 7) is 14.8. The number of thiazole rings is 1. The highest BCUT2D eigenvalue weighted by Crippen LogP contribution is 2.37. The van der Waals surface area contributed by atoms with Gasteiger partial charge in [0.15, 0.2) is 5.13 Å². The molecule has 0 aliphatic rings. The SMILES string of the molecule is C=CC=C(C=C)Cn1c(C#N)c(C#N)[n+](C)c1NCNc1nc(N(C)C)sc1C(C)(C)C. The summed E-state index contributed by atoms with van der Waals surface area (Å²) in [5.41, 5.74) is 1.39. The number of nitrogens with zero attached hydrogens (tertiary/aromatic N) is 6. The second-order valence-corrected chi connectivity index (χ2v) is 9.40. The van der Waals surface area contributed by atoms with Crippen molar-refractivity contribution in [1.82, 2.24) is 9.55 Å². The average molecular weight is 452 g/mol. The molecule has 2 heterocycles. The molecule has 0 bridgehead atoms. The molecule has 2 aromatic heterocycles. The first-order valence-corrected chi connectivity index (χ1v) is 10.9. The van der Waals surface area contributed by atoms with Crippen LogP contribution >= 0.6 is 11.3 Å². The molecule has 8 nitrogen and oxygen atoms in total. The quantitative estimate of drug-likeness (QED) is 0.343. The smallest absolute Gasteiger partial charge is 0.354 e. The van der Waals surface area contributed by atoms with Crippen molar-refractivity contribution in [2.45, 2.75) is 32.7 Å².